The zero-order valence-electron chi connectivity index (χ0n) is 9.48. The van der Waals surface area contributed by atoms with Crippen molar-refractivity contribution in [1.29, 1.82) is 0 Å². The van der Waals surface area contributed by atoms with E-state index in [-0.39, 0.29) is 0 Å². The predicted octanol–water partition coefficient (Wildman–Crippen LogP) is 2.56. The number of rotatable bonds is 3. The molecule has 0 aliphatic rings. The van der Waals surface area contributed by atoms with Crippen molar-refractivity contribution in [1.82, 2.24) is 4.98 Å². The van der Waals surface area contributed by atoms with Crippen LogP contribution in [0.1, 0.15) is 11.1 Å². The van der Waals surface area contributed by atoms with Gasteiger partial charge in [-0.2, -0.15) is 0 Å². The van der Waals surface area contributed by atoms with Gasteiger partial charge in [0.05, 0.1) is 0 Å². The van der Waals surface area contributed by atoms with Crippen LogP contribution < -0.4 is 5.73 Å². The fourth-order valence-corrected chi connectivity index (χ4v) is 1.92. The van der Waals surface area contributed by atoms with E-state index in [2.05, 4.69) is 42.2 Å². The number of hydrogen-bond acceptors (Lipinski definition) is 2. The van der Waals surface area contributed by atoms with Crippen LogP contribution in [0.3, 0.4) is 0 Å². The van der Waals surface area contributed by atoms with Gasteiger partial charge in [0.15, 0.2) is 0 Å². The van der Waals surface area contributed by atoms with E-state index < -0.39 is 0 Å². The molecule has 0 saturated heterocycles. The third kappa shape index (κ3) is 2.12. The monoisotopic (exact) mass is 212 g/mol. The number of nitrogens with zero attached hydrogens (tertiary/aromatic N) is 1. The van der Waals surface area contributed by atoms with Crippen molar-refractivity contribution in [2.75, 3.05) is 6.54 Å². The van der Waals surface area contributed by atoms with Gasteiger partial charge in [-0.3, -0.25) is 4.98 Å². The van der Waals surface area contributed by atoms with Gasteiger partial charge in [-0.25, -0.2) is 0 Å². The van der Waals surface area contributed by atoms with Gasteiger partial charge in [-0.1, -0.05) is 24.3 Å². The highest BCUT2D eigenvalue weighted by Gasteiger charge is 2.06. The highest BCUT2D eigenvalue weighted by atomic mass is 14.6. The minimum absolute atomic E-state index is 0.657. The molecule has 0 aliphatic heterocycles. The molecule has 0 atom stereocenters. The second kappa shape index (κ2) is 4.90. The van der Waals surface area contributed by atoms with Crippen LogP contribution in [0.25, 0.3) is 11.1 Å². The van der Waals surface area contributed by atoms with Crippen LogP contribution >= 0.6 is 0 Å². The van der Waals surface area contributed by atoms with E-state index in [0.717, 1.165) is 6.42 Å². The lowest BCUT2D eigenvalue weighted by Gasteiger charge is -2.10. The normalized spacial score (nSPS) is 10.4. The summed E-state index contributed by atoms with van der Waals surface area (Å²) in [5.74, 6) is 0. The first-order valence-electron chi connectivity index (χ1n) is 5.52. The fourth-order valence-electron chi connectivity index (χ4n) is 1.92. The standard InChI is InChI=1S/C14H16N2/c1-11-4-2-3-5-13(11)14-7-9-16-10-12(14)6-8-15/h2-5,7,9-10H,6,8,15H2,1H3. The van der Waals surface area contributed by atoms with E-state index in [0.29, 0.717) is 6.54 Å². The quantitative estimate of drug-likeness (QED) is 0.849. The number of pyridine rings is 1. The van der Waals surface area contributed by atoms with Gasteiger partial charge in [0.25, 0.3) is 0 Å². The summed E-state index contributed by atoms with van der Waals surface area (Å²) in [5.41, 5.74) is 10.6. The molecule has 82 valence electrons. The maximum atomic E-state index is 5.62. The molecule has 2 nitrogen and oxygen atoms in total. The molecule has 0 bridgehead atoms. The highest BCUT2D eigenvalue weighted by Crippen LogP contribution is 2.26. The van der Waals surface area contributed by atoms with Gasteiger partial charge in [-0.05, 0) is 48.2 Å². The maximum absolute atomic E-state index is 5.62. The van der Waals surface area contributed by atoms with Crippen LogP contribution in [-0.4, -0.2) is 11.5 Å². The van der Waals surface area contributed by atoms with Crippen molar-refractivity contribution in [2.45, 2.75) is 13.3 Å². The molecule has 0 radical (unpaired) electrons. The average molecular weight is 212 g/mol. The maximum Gasteiger partial charge on any atom is 0.0306 e. The molecule has 0 amide bonds. The smallest absolute Gasteiger partial charge is 0.0306 e. The summed E-state index contributed by atoms with van der Waals surface area (Å²) >= 11 is 0. The summed E-state index contributed by atoms with van der Waals surface area (Å²) in [7, 11) is 0. The summed E-state index contributed by atoms with van der Waals surface area (Å²) in [6.07, 6.45) is 4.62. The molecule has 1 aromatic carbocycles. The average Bonchev–Trinajstić information content (AvgIpc) is 2.31. The van der Waals surface area contributed by atoms with Crippen LogP contribution in [0.15, 0.2) is 42.7 Å². The summed E-state index contributed by atoms with van der Waals surface area (Å²) in [5, 5.41) is 0. The molecular formula is C14H16N2. The fraction of sp³-hybridized carbons (Fsp3) is 0.214. The summed E-state index contributed by atoms with van der Waals surface area (Å²) in [6, 6.07) is 10.5. The first-order valence-corrected chi connectivity index (χ1v) is 5.52. The zero-order chi connectivity index (χ0) is 11.4. The minimum atomic E-state index is 0.657. The predicted molar refractivity (Wildman–Crippen MR) is 67.2 cm³/mol. The van der Waals surface area contributed by atoms with E-state index in [4.69, 9.17) is 5.73 Å². The van der Waals surface area contributed by atoms with Crippen LogP contribution in [-0.2, 0) is 6.42 Å². The Balaban J connectivity index is 2.51. The van der Waals surface area contributed by atoms with E-state index in [1.165, 1.54) is 22.3 Å². The Morgan fingerprint density at radius 2 is 1.94 bits per heavy atom. The Kier molecular flexibility index (Phi) is 3.32. The van der Waals surface area contributed by atoms with Crippen molar-refractivity contribution in [2.24, 2.45) is 5.73 Å². The number of hydrogen-bond donors (Lipinski definition) is 1. The Labute approximate surface area is 96.1 Å². The van der Waals surface area contributed by atoms with Gasteiger partial charge in [0.1, 0.15) is 0 Å². The Bertz CT molecular complexity index is 478. The lowest BCUT2D eigenvalue weighted by molar-refractivity contribution is 0.960. The molecule has 2 rings (SSSR count). The van der Waals surface area contributed by atoms with Gasteiger partial charge >= 0.3 is 0 Å². The molecule has 0 fully saturated rings. The van der Waals surface area contributed by atoms with E-state index in [1.54, 1.807) is 0 Å². The third-order valence-electron chi connectivity index (χ3n) is 2.75. The summed E-state index contributed by atoms with van der Waals surface area (Å²) < 4.78 is 0. The largest absolute Gasteiger partial charge is 0.330 e. The Hall–Kier alpha value is -1.67. The molecule has 0 aliphatic carbocycles. The van der Waals surface area contributed by atoms with E-state index in [1.807, 2.05) is 12.4 Å². The van der Waals surface area contributed by atoms with Crippen molar-refractivity contribution in [3.8, 4) is 11.1 Å². The molecule has 0 unspecified atom stereocenters. The topological polar surface area (TPSA) is 38.9 Å². The minimum Gasteiger partial charge on any atom is -0.330 e. The molecule has 16 heavy (non-hydrogen) atoms. The zero-order valence-corrected chi connectivity index (χ0v) is 9.48. The Morgan fingerprint density at radius 1 is 1.12 bits per heavy atom. The van der Waals surface area contributed by atoms with Crippen LogP contribution in [0.5, 0.6) is 0 Å². The SMILES string of the molecule is Cc1ccccc1-c1ccncc1CCN. The molecule has 1 aromatic heterocycles. The van der Waals surface area contributed by atoms with E-state index in [9.17, 15) is 0 Å². The number of aromatic nitrogens is 1. The molecule has 0 spiro atoms. The lowest BCUT2D eigenvalue weighted by Crippen LogP contribution is -2.04. The molecular weight excluding hydrogens is 196 g/mol. The van der Waals surface area contributed by atoms with E-state index >= 15 is 0 Å². The number of aryl methyl sites for hydroxylation is 1. The van der Waals surface area contributed by atoms with Crippen molar-refractivity contribution >= 4 is 0 Å². The number of nitrogens with two attached hydrogens (primary N) is 1. The Morgan fingerprint density at radius 3 is 2.69 bits per heavy atom. The van der Waals surface area contributed by atoms with Crippen LogP contribution in [0.4, 0.5) is 0 Å². The van der Waals surface area contributed by atoms with Crippen LogP contribution in [0, 0.1) is 6.92 Å². The van der Waals surface area contributed by atoms with Gasteiger partial charge in [0.2, 0.25) is 0 Å². The lowest BCUT2D eigenvalue weighted by atomic mass is 9.96. The summed E-state index contributed by atoms with van der Waals surface area (Å²) in [6.45, 7) is 2.78. The van der Waals surface area contributed by atoms with Crippen molar-refractivity contribution < 1.29 is 0 Å². The highest BCUT2D eigenvalue weighted by molar-refractivity contribution is 5.69. The molecule has 2 aromatic rings. The molecule has 0 saturated carbocycles. The van der Waals surface area contributed by atoms with Crippen molar-refractivity contribution in [3.63, 3.8) is 0 Å². The third-order valence-corrected chi connectivity index (χ3v) is 2.75. The van der Waals surface area contributed by atoms with Gasteiger partial charge in [-0.15, -0.1) is 0 Å². The van der Waals surface area contributed by atoms with Gasteiger partial charge in [0, 0.05) is 12.4 Å². The van der Waals surface area contributed by atoms with Crippen LogP contribution in [0.2, 0.25) is 0 Å². The second-order valence-corrected chi connectivity index (χ2v) is 3.89. The summed E-state index contributed by atoms with van der Waals surface area (Å²) in [4.78, 5) is 4.16. The molecule has 2 N–H and O–H groups in total. The van der Waals surface area contributed by atoms with Gasteiger partial charge < -0.3 is 5.73 Å². The first kappa shape index (κ1) is 10.8. The number of benzene rings is 1. The molecule has 1 heterocycles. The first-order chi connectivity index (χ1) is 7.83. The van der Waals surface area contributed by atoms with Crippen molar-refractivity contribution in [3.05, 3.63) is 53.9 Å². The molecule has 2 heteroatoms. The second-order valence-electron chi connectivity index (χ2n) is 3.89.